The Kier molecular flexibility index (Phi) is 3.34. The van der Waals surface area contributed by atoms with Crippen molar-refractivity contribution in [3.05, 3.63) is 59.8 Å². The van der Waals surface area contributed by atoms with E-state index >= 15 is 0 Å². The van der Waals surface area contributed by atoms with Crippen LogP contribution < -0.4 is 0 Å². The summed E-state index contributed by atoms with van der Waals surface area (Å²) in [5.74, 6) is -0.227. The van der Waals surface area contributed by atoms with Crippen LogP contribution in [-0.2, 0) is 14.9 Å². The molecule has 1 heterocycles. The number of aromatic nitrogens is 2. The Labute approximate surface area is 140 Å². The first-order valence-corrected chi connectivity index (χ1v) is 8.13. The van der Waals surface area contributed by atoms with Gasteiger partial charge in [-0.1, -0.05) is 43.3 Å². The molecule has 4 rings (SSSR count). The molecule has 0 aliphatic heterocycles. The normalized spacial score (nSPS) is 18.2. The van der Waals surface area contributed by atoms with Crippen molar-refractivity contribution in [3.63, 3.8) is 0 Å². The Morgan fingerprint density at radius 1 is 1.04 bits per heavy atom. The number of methoxy groups -OCH3 is 1. The summed E-state index contributed by atoms with van der Waals surface area (Å²) in [4.78, 5) is 21.9. The van der Waals surface area contributed by atoms with Crippen LogP contribution in [0.25, 0.3) is 22.3 Å². The van der Waals surface area contributed by atoms with Gasteiger partial charge in [0, 0.05) is 5.56 Å². The van der Waals surface area contributed by atoms with Crippen molar-refractivity contribution in [2.45, 2.75) is 25.2 Å². The topological polar surface area (TPSA) is 52.1 Å². The Hall–Kier alpha value is -2.75. The van der Waals surface area contributed by atoms with Gasteiger partial charge < -0.3 is 4.74 Å². The Balaban J connectivity index is 2.05. The molecule has 1 atom stereocenters. The zero-order valence-corrected chi connectivity index (χ0v) is 13.7. The molecule has 0 saturated carbocycles. The van der Waals surface area contributed by atoms with Crippen LogP contribution in [0.1, 0.15) is 31.0 Å². The van der Waals surface area contributed by atoms with Gasteiger partial charge in [0.15, 0.2) is 0 Å². The van der Waals surface area contributed by atoms with Crippen molar-refractivity contribution in [1.82, 2.24) is 9.97 Å². The van der Waals surface area contributed by atoms with Gasteiger partial charge in [0.25, 0.3) is 0 Å². The third kappa shape index (κ3) is 1.96. The molecule has 0 spiro atoms. The van der Waals surface area contributed by atoms with Crippen LogP contribution in [0, 0.1) is 0 Å². The van der Waals surface area contributed by atoms with Crippen molar-refractivity contribution >= 4 is 17.0 Å². The lowest BCUT2D eigenvalue weighted by atomic mass is 9.75. The molecule has 120 valence electrons. The summed E-state index contributed by atoms with van der Waals surface area (Å²) in [6.45, 7) is 2.09. The highest BCUT2D eigenvalue weighted by Gasteiger charge is 2.46. The Bertz CT molecular complexity index is 951. The molecule has 0 bridgehead atoms. The van der Waals surface area contributed by atoms with Gasteiger partial charge in [-0.15, -0.1) is 0 Å². The quantitative estimate of drug-likeness (QED) is 0.688. The Morgan fingerprint density at radius 3 is 2.42 bits per heavy atom. The number of ether oxygens (including phenoxy) is 1. The molecule has 2 aromatic carbocycles. The van der Waals surface area contributed by atoms with Crippen LogP contribution in [0.4, 0.5) is 0 Å². The third-order valence-electron chi connectivity index (χ3n) is 5.00. The number of hydrogen-bond donors (Lipinski definition) is 0. The molecule has 1 aliphatic rings. The maximum Gasteiger partial charge on any atom is 0.306 e. The van der Waals surface area contributed by atoms with E-state index < -0.39 is 5.41 Å². The number of carbonyl (C=O) groups is 1. The lowest BCUT2D eigenvalue weighted by Gasteiger charge is -2.28. The van der Waals surface area contributed by atoms with Gasteiger partial charge >= 0.3 is 5.97 Å². The van der Waals surface area contributed by atoms with Gasteiger partial charge in [0.2, 0.25) is 0 Å². The lowest BCUT2D eigenvalue weighted by Crippen LogP contribution is -2.29. The van der Waals surface area contributed by atoms with E-state index in [0.29, 0.717) is 0 Å². The van der Waals surface area contributed by atoms with Gasteiger partial charge in [-0.25, -0.2) is 9.97 Å². The lowest BCUT2D eigenvalue weighted by molar-refractivity contribution is -0.141. The van der Waals surface area contributed by atoms with E-state index in [-0.39, 0.29) is 12.4 Å². The summed E-state index contributed by atoms with van der Waals surface area (Å²) >= 11 is 0. The zero-order valence-electron chi connectivity index (χ0n) is 13.7. The third-order valence-corrected chi connectivity index (χ3v) is 5.00. The van der Waals surface area contributed by atoms with Gasteiger partial charge in [-0.05, 0) is 24.1 Å². The van der Waals surface area contributed by atoms with Gasteiger partial charge in [-0.2, -0.15) is 0 Å². The van der Waals surface area contributed by atoms with Gasteiger partial charge in [-0.3, -0.25) is 4.79 Å². The number of esters is 1. The number of nitrogens with zero attached hydrogens (tertiary/aromatic N) is 2. The molecule has 1 aliphatic carbocycles. The number of carbonyl (C=O) groups excluding carboxylic acids is 1. The molecule has 0 saturated heterocycles. The largest absolute Gasteiger partial charge is 0.469 e. The summed E-state index contributed by atoms with van der Waals surface area (Å²) in [6.07, 6.45) is 1.04. The van der Waals surface area contributed by atoms with Gasteiger partial charge in [0.05, 0.1) is 41.4 Å². The fraction of sp³-hybridized carbons (Fsp3) is 0.250. The predicted octanol–water partition coefficient (Wildman–Crippen LogP) is 3.87. The van der Waals surface area contributed by atoms with E-state index in [2.05, 4.69) is 19.1 Å². The number of fused-ring (bicyclic) bond motifs is 4. The van der Waals surface area contributed by atoms with Crippen LogP contribution in [0.2, 0.25) is 0 Å². The van der Waals surface area contributed by atoms with E-state index in [1.807, 2.05) is 36.4 Å². The molecule has 0 fully saturated rings. The van der Waals surface area contributed by atoms with E-state index in [1.165, 1.54) is 7.11 Å². The first kappa shape index (κ1) is 14.8. The second kappa shape index (κ2) is 5.41. The average Bonchev–Trinajstić information content (AvgIpc) is 2.90. The average molecular weight is 318 g/mol. The van der Waals surface area contributed by atoms with E-state index in [1.54, 1.807) is 0 Å². The summed E-state index contributed by atoms with van der Waals surface area (Å²) in [5, 5.41) is 0. The number of hydrogen-bond acceptors (Lipinski definition) is 4. The second-order valence-corrected chi connectivity index (χ2v) is 6.14. The molecule has 4 nitrogen and oxygen atoms in total. The predicted molar refractivity (Wildman–Crippen MR) is 92.7 cm³/mol. The highest BCUT2D eigenvalue weighted by Crippen LogP contribution is 2.51. The fourth-order valence-corrected chi connectivity index (χ4v) is 3.74. The molecule has 3 aromatic rings. The Morgan fingerprint density at radius 2 is 1.71 bits per heavy atom. The number of benzene rings is 2. The van der Waals surface area contributed by atoms with E-state index in [9.17, 15) is 4.79 Å². The van der Waals surface area contributed by atoms with Crippen molar-refractivity contribution in [3.8, 4) is 11.3 Å². The van der Waals surface area contributed by atoms with Gasteiger partial charge in [0.1, 0.15) is 0 Å². The van der Waals surface area contributed by atoms with Crippen molar-refractivity contribution in [1.29, 1.82) is 0 Å². The summed E-state index contributed by atoms with van der Waals surface area (Å²) in [5.41, 5.74) is 5.20. The minimum absolute atomic E-state index is 0.227. The van der Waals surface area contributed by atoms with Crippen molar-refractivity contribution in [2.75, 3.05) is 7.11 Å². The molecular formula is C20H18N2O2. The number of rotatable bonds is 3. The molecule has 24 heavy (non-hydrogen) atoms. The zero-order chi connectivity index (χ0) is 16.7. The molecule has 1 unspecified atom stereocenters. The highest BCUT2D eigenvalue weighted by atomic mass is 16.5. The molecule has 1 aromatic heterocycles. The maximum atomic E-state index is 12.1. The van der Waals surface area contributed by atoms with E-state index in [4.69, 9.17) is 14.7 Å². The smallest absolute Gasteiger partial charge is 0.306 e. The summed E-state index contributed by atoms with van der Waals surface area (Å²) in [6, 6.07) is 16.0. The standard InChI is InChI=1S/C20H18N2O2/c1-3-20(12-17(23)24-2)14-9-5-4-8-13(14)18-19(20)22-16-11-7-6-10-15(16)21-18/h4-11H,3,12H2,1-2H3. The monoisotopic (exact) mass is 318 g/mol. The summed E-state index contributed by atoms with van der Waals surface area (Å²) in [7, 11) is 1.43. The molecule has 4 heteroatoms. The SMILES string of the molecule is CCC1(CC(=O)OC)c2ccccc2-c2nc3ccccc3nc21. The van der Waals surface area contributed by atoms with Crippen molar-refractivity contribution < 1.29 is 9.53 Å². The highest BCUT2D eigenvalue weighted by molar-refractivity contribution is 5.86. The van der Waals surface area contributed by atoms with E-state index in [0.717, 1.165) is 40.0 Å². The van der Waals surface area contributed by atoms with Crippen LogP contribution >= 0.6 is 0 Å². The fourth-order valence-electron chi connectivity index (χ4n) is 3.74. The molecule has 0 N–H and O–H groups in total. The second-order valence-electron chi connectivity index (χ2n) is 6.14. The maximum absolute atomic E-state index is 12.1. The molecule has 0 radical (unpaired) electrons. The minimum atomic E-state index is -0.476. The first-order chi connectivity index (χ1) is 11.7. The van der Waals surface area contributed by atoms with Crippen LogP contribution in [0.5, 0.6) is 0 Å². The van der Waals surface area contributed by atoms with Crippen LogP contribution in [0.3, 0.4) is 0 Å². The summed E-state index contributed by atoms with van der Waals surface area (Å²) < 4.78 is 4.97. The molecule has 0 amide bonds. The molecular weight excluding hydrogens is 300 g/mol. The minimum Gasteiger partial charge on any atom is -0.469 e. The van der Waals surface area contributed by atoms with Crippen LogP contribution in [-0.4, -0.2) is 23.0 Å². The number of para-hydroxylation sites is 2. The van der Waals surface area contributed by atoms with Crippen LogP contribution in [0.15, 0.2) is 48.5 Å². The van der Waals surface area contributed by atoms with Crippen molar-refractivity contribution in [2.24, 2.45) is 0 Å². The first-order valence-electron chi connectivity index (χ1n) is 8.13.